The molecule has 0 aromatic carbocycles. The summed E-state index contributed by atoms with van der Waals surface area (Å²) in [6.45, 7) is 5.69. The van der Waals surface area contributed by atoms with Crippen LogP contribution in [0.3, 0.4) is 0 Å². The highest BCUT2D eigenvalue weighted by Crippen LogP contribution is 2.21. The van der Waals surface area contributed by atoms with Gasteiger partial charge in [0.15, 0.2) is 5.17 Å². The van der Waals surface area contributed by atoms with E-state index in [9.17, 15) is 0 Å². The Bertz CT molecular complexity index is 227. The van der Waals surface area contributed by atoms with Gasteiger partial charge in [0, 0.05) is 12.3 Å². The van der Waals surface area contributed by atoms with Crippen molar-refractivity contribution in [2.45, 2.75) is 13.8 Å². The smallest absolute Gasteiger partial charge is 0.156 e. The molecule has 1 aliphatic heterocycles. The van der Waals surface area contributed by atoms with Crippen LogP contribution in [0, 0.1) is 16.7 Å². The van der Waals surface area contributed by atoms with Crippen molar-refractivity contribution in [3.05, 3.63) is 0 Å². The van der Waals surface area contributed by atoms with E-state index in [0.717, 1.165) is 24.0 Å². The number of hydrogen-bond donors (Lipinski definition) is 1. The summed E-state index contributed by atoms with van der Waals surface area (Å²) < 4.78 is 0. The van der Waals surface area contributed by atoms with E-state index < -0.39 is 0 Å². The molecule has 1 rings (SSSR count). The van der Waals surface area contributed by atoms with Gasteiger partial charge in [-0.2, -0.15) is 5.26 Å². The first kappa shape index (κ1) is 9.40. The Kier molecular flexibility index (Phi) is 2.99. The molecule has 0 radical (unpaired) electrons. The molecule has 0 aliphatic carbocycles. The number of amidine groups is 1. The van der Waals surface area contributed by atoms with E-state index >= 15 is 0 Å². The SMILES string of the molecule is CC(C)(C#N)CSC1=NCCN1. The fourth-order valence-corrected chi connectivity index (χ4v) is 1.70. The molecule has 0 saturated carbocycles. The summed E-state index contributed by atoms with van der Waals surface area (Å²) in [5.74, 6) is 0.801. The van der Waals surface area contributed by atoms with Crippen LogP contribution in [0.2, 0.25) is 0 Å². The van der Waals surface area contributed by atoms with Crippen LogP contribution in [0.1, 0.15) is 13.8 Å². The van der Waals surface area contributed by atoms with Crippen LogP contribution in [0.5, 0.6) is 0 Å². The van der Waals surface area contributed by atoms with Crippen molar-refractivity contribution in [3.8, 4) is 6.07 Å². The second-order valence-corrected chi connectivity index (χ2v) is 4.36. The van der Waals surface area contributed by atoms with Gasteiger partial charge >= 0.3 is 0 Å². The van der Waals surface area contributed by atoms with Crippen molar-refractivity contribution >= 4 is 16.9 Å². The quantitative estimate of drug-likeness (QED) is 0.700. The summed E-state index contributed by atoms with van der Waals surface area (Å²) in [6, 6.07) is 2.26. The third-order valence-electron chi connectivity index (χ3n) is 1.52. The van der Waals surface area contributed by atoms with Crippen molar-refractivity contribution < 1.29 is 0 Å². The predicted octanol–water partition coefficient (Wildman–Crippen LogP) is 1.23. The van der Waals surface area contributed by atoms with Gasteiger partial charge in [0.25, 0.3) is 0 Å². The van der Waals surface area contributed by atoms with Gasteiger partial charge in [-0.05, 0) is 13.8 Å². The lowest BCUT2D eigenvalue weighted by atomic mass is 10.00. The largest absolute Gasteiger partial charge is 0.363 e. The minimum Gasteiger partial charge on any atom is -0.363 e. The minimum absolute atomic E-state index is 0.253. The van der Waals surface area contributed by atoms with E-state index in [1.807, 2.05) is 13.8 Å². The first-order valence-corrected chi connectivity index (χ1v) is 4.95. The van der Waals surface area contributed by atoms with Gasteiger partial charge in [0.05, 0.1) is 18.0 Å². The van der Waals surface area contributed by atoms with Gasteiger partial charge < -0.3 is 5.32 Å². The molecule has 0 spiro atoms. The summed E-state index contributed by atoms with van der Waals surface area (Å²) >= 11 is 1.63. The second kappa shape index (κ2) is 3.81. The summed E-state index contributed by atoms with van der Waals surface area (Å²) in [5, 5.41) is 12.9. The molecule has 1 N–H and O–H groups in total. The fraction of sp³-hybridized carbons (Fsp3) is 0.750. The van der Waals surface area contributed by atoms with Crippen LogP contribution < -0.4 is 5.32 Å². The summed E-state index contributed by atoms with van der Waals surface area (Å²) in [7, 11) is 0. The average molecular weight is 183 g/mol. The summed E-state index contributed by atoms with van der Waals surface area (Å²) in [6.07, 6.45) is 0. The zero-order chi connectivity index (χ0) is 9.03. The molecule has 66 valence electrons. The molecule has 1 aliphatic rings. The molecular weight excluding hydrogens is 170 g/mol. The molecule has 0 aromatic rings. The Morgan fingerprint density at radius 1 is 1.75 bits per heavy atom. The number of nitrogens with one attached hydrogen (secondary N) is 1. The van der Waals surface area contributed by atoms with Crippen LogP contribution in [-0.4, -0.2) is 24.0 Å². The Labute approximate surface area is 77.2 Å². The molecule has 0 saturated heterocycles. The predicted molar refractivity (Wildman–Crippen MR) is 52.2 cm³/mol. The highest BCUT2D eigenvalue weighted by atomic mass is 32.2. The number of nitrogens with zero attached hydrogens (tertiary/aromatic N) is 2. The first-order chi connectivity index (χ1) is 5.64. The van der Waals surface area contributed by atoms with Gasteiger partial charge in [-0.25, -0.2) is 0 Å². The normalized spacial score (nSPS) is 16.6. The van der Waals surface area contributed by atoms with E-state index in [1.165, 1.54) is 0 Å². The van der Waals surface area contributed by atoms with Crippen molar-refractivity contribution in [1.82, 2.24) is 5.32 Å². The molecule has 12 heavy (non-hydrogen) atoms. The number of rotatable bonds is 2. The zero-order valence-corrected chi connectivity index (χ0v) is 8.24. The topological polar surface area (TPSA) is 48.2 Å². The first-order valence-electron chi connectivity index (χ1n) is 3.96. The van der Waals surface area contributed by atoms with E-state index in [4.69, 9.17) is 5.26 Å². The third kappa shape index (κ3) is 2.74. The van der Waals surface area contributed by atoms with Gasteiger partial charge in [0.2, 0.25) is 0 Å². The maximum absolute atomic E-state index is 8.74. The monoisotopic (exact) mass is 183 g/mol. The van der Waals surface area contributed by atoms with Gasteiger partial charge in [-0.15, -0.1) is 0 Å². The lowest BCUT2D eigenvalue weighted by molar-refractivity contribution is 0.575. The number of thioether (sulfide) groups is 1. The molecule has 3 nitrogen and oxygen atoms in total. The Morgan fingerprint density at radius 3 is 3.00 bits per heavy atom. The van der Waals surface area contributed by atoms with E-state index in [-0.39, 0.29) is 5.41 Å². The second-order valence-electron chi connectivity index (χ2n) is 3.40. The molecule has 4 heteroatoms. The fourth-order valence-electron chi connectivity index (χ4n) is 0.754. The molecule has 1 heterocycles. The van der Waals surface area contributed by atoms with E-state index in [1.54, 1.807) is 11.8 Å². The number of nitriles is 1. The molecule has 0 aromatic heterocycles. The summed E-state index contributed by atoms with van der Waals surface area (Å²) in [4.78, 5) is 4.23. The van der Waals surface area contributed by atoms with Crippen molar-refractivity contribution in [2.75, 3.05) is 18.8 Å². The molecule has 0 atom stereocenters. The minimum atomic E-state index is -0.253. The van der Waals surface area contributed by atoms with E-state index in [2.05, 4.69) is 16.4 Å². The maximum Gasteiger partial charge on any atom is 0.156 e. The summed E-state index contributed by atoms with van der Waals surface area (Å²) in [5.41, 5.74) is -0.253. The van der Waals surface area contributed by atoms with Gasteiger partial charge in [0.1, 0.15) is 0 Å². The zero-order valence-electron chi connectivity index (χ0n) is 7.42. The van der Waals surface area contributed by atoms with Gasteiger partial charge in [-0.3, -0.25) is 4.99 Å². The number of aliphatic imine (C=N–C) groups is 1. The van der Waals surface area contributed by atoms with Crippen molar-refractivity contribution in [2.24, 2.45) is 10.4 Å². The molecule has 0 unspecified atom stereocenters. The van der Waals surface area contributed by atoms with Crippen LogP contribution in [0.4, 0.5) is 0 Å². The molecule has 0 fully saturated rings. The number of hydrogen-bond acceptors (Lipinski definition) is 4. The maximum atomic E-state index is 8.74. The van der Waals surface area contributed by atoms with Crippen LogP contribution in [-0.2, 0) is 0 Å². The Balaban J connectivity index is 2.30. The lowest BCUT2D eigenvalue weighted by Gasteiger charge is -2.13. The van der Waals surface area contributed by atoms with Gasteiger partial charge in [-0.1, -0.05) is 11.8 Å². The third-order valence-corrected chi connectivity index (χ3v) is 2.93. The van der Waals surface area contributed by atoms with Crippen LogP contribution >= 0.6 is 11.8 Å². The Hall–Kier alpha value is -0.690. The lowest BCUT2D eigenvalue weighted by Crippen LogP contribution is -2.19. The average Bonchev–Trinajstić information content (AvgIpc) is 2.53. The van der Waals surface area contributed by atoms with Crippen molar-refractivity contribution in [3.63, 3.8) is 0 Å². The van der Waals surface area contributed by atoms with Crippen LogP contribution in [0.25, 0.3) is 0 Å². The molecular formula is C8H13N3S. The Morgan fingerprint density at radius 2 is 2.50 bits per heavy atom. The van der Waals surface area contributed by atoms with Crippen LogP contribution in [0.15, 0.2) is 4.99 Å². The molecule has 0 amide bonds. The highest BCUT2D eigenvalue weighted by Gasteiger charge is 2.18. The van der Waals surface area contributed by atoms with E-state index in [0.29, 0.717) is 0 Å². The van der Waals surface area contributed by atoms with Crippen molar-refractivity contribution in [1.29, 1.82) is 5.26 Å². The standard InChI is InChI=1S/C8H13N3S/c1-8(2,5-9)6-12-7-10-3-4-11-7/h3-4,6H2,1-2H3,(H,10,11). The highest BCUT2D eigenvalue weighted by molar-refractivity contribution is 8.13. The molecule has 0 bridgehead atoms.